The first-order valence-electron chi connectivity index (χ1n) is 5.61. The Morgan fingerprint density at radius 3 is 2.57 bits per heavy atom. The van der Waals surface area contributed by atoms with Crippen LogP contribution in [0, 0.1) is 5.92 Å². The molecule has 0 aliphatic heterocycles. The summed E-state index contributed by atoms with van der Waals surface area (Å²) < 4.78 is 0. The van der Waals surface area contributed by atoms with E-state index in [0.717, 1.165) is 24.8 Å². The van der Waals surface area contributed by atoms with E-state index < -0.39 is 0 Å². The Morgan fingerprint density at radius 1 is 1.43 bits per heavy atom. The number of amides is 1. The molecule has 0 bridgehead atoms. The number of rotatable bonds is 5. The highest BCUT2D eigenvalue weighted by atomic mass is 79.9. The maximum absolute atomic E-state index is 11.8. The highest BCUT2D eigenvalue weighted by Crippen LogP contribution is 2.27. The van der Waals surface area contributed by atoms with Gasteiger partial charge in [-0.1, -0.05) is 28.8 Å². The zero-order valence-corrected chi connectivity index (χ0v) is 10.6. The summed E-state index contributed by atoms with van der Waals surface area (Å²) in [6.45, 7) is 3.74. The van der Waals surface area contributed by atoms with Crippen molar-refractivity contribution in [2.75, 3.05) is 18.4 Å². The molecule has 0 aromatic carbocycles. The van der Waals surface area contributed by atoms with Gasteiger partial charge in [-0.05, 0) is 25.7 Å². The van der Waals surface area contributed by atoms with Gasteiger partial charge in [-0.2, -0.15) is 0 Å². The minimum atomic E-state index is 0.346. The van der Waals surface area contributed by atoms with Crippen LogP contribution in [-0.2, 0) is 4.79 Å². The predicted molar refractivity (Wildman–Crippen MR) is 62.6 cm³/mol. The zero-order chi connectivity index (χ0) is 10.4. The molecule has 0 N–H and O–H groups in total. The third-order valence-electron chi connectivity index (χ3n) is 3.03. The lowest BCUT2D eigenvalue weighted by molar-refractivity contribution is -0.131. The Hall–Kier alpha value is -0.0500. The van der Waals surface area contributed by atoms with Crippen LogP contribution in [0.25, 0.3) is 0 Å². The van der Waals surface area contributed by atoms with E-state index in [1.807, 2.05) is 4.90 Å². The smallest absolute Gasteiger partial charge is 0.222 e. The van der Waals surface area contributed by atoms with Gasteiger partial charge in [0, 0.05) is 24.8 Å². The molecule has 1 aliphatic carbocycles. The van der Waals surface area contributed by atoms with Crippen LogP contribution in [0.5, 0.6) is 0 Å². The molecule has 1 amide bonds. The molecular formula is C11H20BrNO. The number of hydrogen-bond acceptors (Lipinski definition) is 1. The van der Waals surface area contributed by atoms with Gasteiger partial charge >= 0.3 is 0 Å². The lowest BCUT2D eigenvalue weighted by atomic mass is 10.0. The van der Waals surface area contributed by atoms with Crippen LogP contribution in [0.4, 0.5) is 0 Å². The fourth-order valence-corrected chi connectivity index (χ4v) is 2.58. The third-order valence-corrected chi connectivity index (χ3v) is 3.38. The molecular weight excluding hydrogens is 242 g/mol. The van der Waals surface area contributed by atoms with Gasteiger partial charge in [0.05, 0.1) is 0 Å². The highest BCUT2D eigenvalue weighted by Gasteiger charge is 2.20. The monoisotopic (exact) mass is 261 g/mol. The maximum atomic E-state index is 11.8. The second-order valence-corrected chi connectivity index (χ2v) is 4.81. The number of carbonyl (C=O) groups is 1. The summed E-state index contributed by atoms with van der Waals surface area (Å²) in [6.07, 6.45) is 5.95. The van der Waals surface area contributed by atoms with Crippen molar-refractivity contribution in [2.45, 2.75) is 39.0 Å². The Bertz CT molecular complexity index is 178. The number of hydrogen-bond donors (Lipinski definition) is 0. The van der Waals surface area contributed by atoms with E-state index in [0.29, 0.717) is 11.8 Å². The first kappa shape index (κ1) is 12.0. The van der Waals surface area contributed by atoms with E-state index in [1.165, 1.54) is 25.7 Å². The molecule has 2 nitrogen and oxygen atoms in total. The van der Waals surface area contributed by atoms with E-state index in [4.69, 9.17) is 0 Å². The summed E-state index contributed by atoms with van der Waals surface area (Å²) in [5.74, 6) is 1.02. The summed E-state index contributed by atoms with van der Waals surface area (Å²) in [5.41, 5.74) is 0. The molecule has 1 rings (SSSR count). The van der Waals surface area contributed by atoms with Crippen molar-refractivity contribution in [3.63, 3.8) is 0 Å². The molecule has 1 saturated carbocycles. The second kappa shape index (κ2) is 6.44. The maximum Gasteiger partial charge on any atom is 0.222 e. The molecule has 0 atom stereocenters. The van der Waals surface area contributed by atoms with Crippen LogP contribution >= 0.6 is 15.9 Å². The van der Waals surface area contributed by atoms with Crippen LogP contribution in [0.2, 0.25) is 0 Å². The van der Waals surface area contributed by atoms with Crippen molar-refractivity contribution in [3.8, 4) is 0 Å². The van der Waals surface area contributed by atoms with E-state index in [1.54, 1.807) is 0 Å². The third kappa shape index (κ3) is 3.60. The van der Waals surface area contributed by atoms with Gasteiger partial charge in [-0.25, -0.2) is 0 Å². The van der Waals surface area contributed by atoms with Gasteiger partial charge in [0.1, 0.15) is 0 Å². The minimum Gasteiger partial charge on any atom is -0.342 e. The van der Waals surface area contributed by atoms with Crippen LogP contribution < -0.4 is 0 Å². The summed E-state index contributed by atoms with van der Waals surface area (Å²) in [5, 5.41) is 0.886. The fourth-order valence-electron chi connectivity index (χ4n) is 2.15. The van der Waals surface area contributed by atoms with Crippen molar-refractivity contribution < 1.29 is 4.79 Å². The fraction of sp³-hybridized carbons (Fsp3) is 0.909. The number of nitrogens with zero attached hydrogens (tertiary/aromatic N) is 1. The molecule has 0 spiro atoms. The lowest BCUT2D eigenvalue weighted by Crippen LogP contribution is -2.33. The van der Waals surface area contributed by atoms with E-state index in [-0.39, 0.29) is 0 Å². The summed E-state index contributed by atoms with van der Waals surface area (Å²) in [7, 11) is 0. The van der Waals surface area contributed by atoms with E-state index in [2.05, 4.69) is 22.9 Å². The molecule has 0 heterocycles. The van der Waals surface area contributed by atoms with Gasteiger partial charge in [0.2, 0.25) is 5.91 Å². The first-order chi connectivity index (χ1) is 6.77. The van der Waals surface area contributed by atoms with Crippen molar-refractivity contribution in [2.24, 2.45) is 5.92 Å². The van der Waals surface area contributed by atoms with Crippen LogP contribution in [0.3, 0.4) is 0 Å². The number of halogens is 1. The summed E-state index contributed by atoms with van der Waals surface area (Å²) >= 11 is 3.38. The molecule has 0 aromatic heterocycles. The number of alkyl halides is 1. The zero-order valence-electron chi connectivity index (χ0n) is 8.97. The van der Waals surface area contributed by atoms with Gasteiger partial charge in [-0.15, -0.1) is 0 Å². The second-order valence-electron chi connectivity index (χ2n) is 4.02. The lowest BCUT2D eigenvalue weighted by Gasteiger charge is -2.21. The number of carbonyl (C=O) groups excluding carboxylic acids is 1. The highest BCUT2D eigenvalue weighted by molar-refractivity contribution is 9.09. The summed E-state index contributed by atoms with van der Waals surface area (Å²) in [4.78, 5) is 13.8. The molecule has 0 aromatic rings. The van der Waals surface area contributed by atoms with Crippen molar-refractivity contribution >= 4 is 21.8 Å². The van der Waals surface area contributed by atoms with Crippen molar-refractivity contribution in [1.82, 2.24) is 4.90 Å². The average molecular weight is 262 g/mol. The largest absolute Gasteiger partial charge is 0.342 e. The van der Waals surface area contributed by atoms with Crippen LogP contribution in [-0.4, -0.2) is 29.2 Å². The quantitative estimate of drug-likeness (QED) is 0.698. The van der Waals surface area contributed by atoms with Crippen LogP contribution in [0.1, 0.15) is 39.0 Å². The Morgan fingerprint density at radius 2 is 2.07 bits per heavy atom. The molecule has 82 valence electrons. The molecule has 0 unspecified atom stereocenters. The van der Waals surface area contributed by atoms with Crippen molar-refractivity contribution in [3.05, 3.63) is 0 Å². The molecule has 14 heavy (non-hydrogen) atoms. The molecule has 3 heteroatoms. The summed E-state index contributed by atoms with van der Waals surface area (Å²) in [6, 6.07) is 0. The van der Waals surface area contributed by atoms with Crippen molar-refractivity contribution in [1.29, 1.82) is 0 Å². The normalized spacial score (nSPS) is 17.3. The SMILES string of the molecule is CCN(CCBr)C(=O)CC1CCCC1. The Labute approximate surface area is 95.2 Å². The molecule has 1 fully saturated rings. The Balaban J connectivity index is 2.30. The topological polar surface area (TPSA) is 20.3 Å². The minimum absolute atomic E-state index is 0.346. The Kier molecular flexibility index (Phi) is 5.53. The van der Waals surface area contributed by atoms with Gasteiger partial charge in [-0.3, -0.25) is 4.79 Å². The van der Waals surface area contributed by atoms with E-state index >= 15 is 0 Å². The first-order valence-corrected chi connectivity index (χ1v) is 6.73. The van der Waals surface area contributed by atoms with Crippen LogP contribution in [0.15, 0.2) is 0 Å². The molecule has 1 aliphatic rings. The standard InChI is InChI=1S/C11H20BrNO/c1-2-13(8-7-12)11(14)9-10-5-3-4-6-10/h10H,2-9H2,1H3. The van der Waals surface area contributed by atoms with Gasteiger partial charge in [0.15, 0.2) is 0 Å². The average Bonchev–Trinajstić information content (AvgIpc) is 2.66. The van der Waals surface area contributed by atoms with E-state index in [9.17, 15) is 4.79 Å². The van der Waals surface area contributed by atoms with Gasteiger partial charge in [0.25, 0.3) is 0 Å². The van der Waals surface area contributed by atoms with Gasteiger partial charge < -0.3 is 4.90 Å². The predicted octanol–water partition coefficient (Wildman–Crippen LogP) is 2.81. The molecule has 0 saturated heterocycles. The molecule has 0 radical (unpaired) electrons.